The second-order valence-corrected chi connectivity index (χ2v) is 4.57. The molecule has 1 saturated heterocycles. The van der Waals surface area contributed by atoms with E-state index >= 15 is 0 Å². The van der Waals surface area contributed by atoms with E-state index in [1.165, 1.54) is 7.11 Å². The molecule has 2 rings (SSSR count). The lowest BCUT2D eigenvalue weighted by Crippen LogP contribution is -2.26. The Balaban J connectivity index is 2.34. The first-order valence-electron chi connectivity index (χ1n) is 5.97. The lowest BCUT2D eigenvalue weighted by molar-refractivity contribution is -0.147. The fraction of sp³-hybridized carbons (Fsp3) is 0.429. The fourth-order valence-corrected chi connectivity index (χ4v) is 2.57. The van der Waals surface area contributed by atoms with Gasteiger partial charge in [0.1, 0.15) is 0 Å². The molecule has 0 aliphatic carbocycles. The second-order valence-electron chi connectivity index (χ2n) is 4.57. The van der Waals surface area contributed by atoms with E-state index < -0.39 is 0 Å². The van der Waals surface area contributed by atoms with Crippen LogP contribution in [0.4, 0.5) is 0 Å². The molecule has 4 heteroatoms. The van der Waals surface area contributed by atoms with Crippen molar-refractivity contribution in [1.82, 2.24) is 5.32 Å². The van der Waals surface area contributed by atoms with E-state index in [-0.39, 0.29) is 29.9 Å². The maximum Gasteiger partial charge on any atom is 0.310 e. The third kappa shape index (κ3) is 2.09. The lowest BCUT2D eigenvalue weighted by Gasteiger charge is -2.19. The van der Waals surface area contributed by atoms with E-state index in [1.54, 1.807) is 0 Å². The van der Waals surface area contributed by atoms with Gasteiger partial charge >= 0.3 is 5.97 Å². The maximum atomic E-state index is 11.9. The van der Waals surface area contributed by atoms with Crippen molar-refractivity contribution in [1.29, 1.82) is 5.26 Å². The Morgan fingerprint density at radius 3 is 2.61 bits per heavy atom. The number of methoxy groups -OCH3 is 1. The molecular formula is C14H16N2O2. The molecule has 1 aromatic rings. The average molecular weight is 244 g/mol. The third-order valence-corrected chi connectivity index (χ3v) is 3.58. The summed E-state index contributed by atoms with van der Waals surface area (Å²) in [4.78, 5) is 11.9. The molecule has 4 nitrogen and oxygen atoms in total. The van der Waals surface area contributed by atoms with Gasteiger partial charge in [0, 0.05) is 6.04 Å². The van der Waals surface area contributed by atoms with Crippen LogP contribution in [0.3, 0.4) is 0 Å². The Hall–Kier alpha value is -1.86. The van der Waals surface area contributed by atoms with Crippen LogP contribution in [0.5, 0.6) is 0 Å². The van der Waals surface area contributed by atoms with Crippen molar-refractivity contribution in [3.8, 4) is 6.07 Å². The first kappa shape index (κ1) is 12.6. The van der Waals surface area contributed by atoms with Crippen LogP contribution in [0.1, 0.15) is 18.5 Å². The molecule has 0 unspecified atom stereocenters. The minimum absolute atomic E-state index is 0.0624. The van der Waals surface area contributed by atoms with Crippen LogP contribution in [0, 0.1) is 23.2 Å². The summed E-state index contributed by atoms with van der Waals surface area (Å²) in [6.07, 6.45) is 0. The van der Waals surface area contributed by atoms with Crippen LogP contribution in [0.2, 0.25) is 0 Å². The van der Waals surface area contributed by atoms with Gasteiger partial charge in [-0.25, -0.2) is 0 Å². The Morgan fingerprint density at radius 1 is 1.39 bits per heavy atom. The summed E-state index contributed by atoms with van der Waals surface area (Å²) in [5.74, 6) is -0.642. The zero-order valence-electron chi connectivity index (χ0n) is 10.5. The molecule has 94 valence electrons. The summed E-state index contributed by atoms with van der Waals surface area (Å²) in [5, 5.41) is 12.3. The minimum Gasteiger partial charge on any atom is -0.469 e. The summed E-state index contributed by atoms with van der Waals surface area (Å²) in [5.41, 5.74) is 1.01. The molecule has 18 heavy (non-hydrogen) atoms. The largest absolute Gasteiger partial charge is 0.469 e. The number of carbonyl (C=O) groups is 1. The maximum absolute atomic E-state index is 11.9. The summed E-state index contributed by atoms with van der Waals surface area (Å²) in [6.45, 7) is 1.91. The lowest BCUT2D eigenvalue weighted by atomic mass is 9.86. The van der Waals surface area contributed by atoms with E-state index in [4.69, 9.17) is 10.00 Å². The van der Waals surface area contributed by atoms with Crippen LogP contribution >= 0.6 is 0 Å². The quantitative estimate of drug-likeness (QED) is 0.803. The van der Waals surface area contributed by atoms with Gasteiger partial charge in [-0.05, 0) is 11.5 Å². The van der Waals surface area contributed by atoms with Crippen LogP contribution in [-0.4, -0.2) is 19.1 Å². The number of nitriles is 1. The minimum atomic E-state index is -0.320. The SMILES string of the molecule is COC(=O)[C@@H]1[C@@H](C)[C@@H](C#N)N[C@@H]1c1ccccc1. The summed E-state index contributed by atoms with van der Waals surface area (Å²) in [6, 6.07) is 11.4. The van der Waals surface area contributed by atoms with E-state index in [9.17, 15) is 4.79 Å². The van der Waals surface area contributed by atoms with Gasteiger partial charge < -0.3 is 4.74 Å². The van der Waals surface area contributed by atoms with Crippen molar-refractivity contribution in [3.63, 3.8) is 0 Å². The molecule has 4 atom stereocenters. The molecule has 0 spiro atoms. The highest BCUT2D eigenvalue weighted by Gasteiger charge is 2.45. The molecule has 1 heterocycles. The Kier molecular flexibility index (Phi) is 3.63. The average Bonchev–Trinajstić information content (AvgIpc) is 2.76. The van der Waals surface area contributed by atoms with Crippen molar-refractivity contribution in [2.45, 2.75) is 19.0 Å². The Bertz CT molecular complexity index is 466. The molecule has 1 fully saturated rings. The van der Waals surface area contributed by atoms with Crippen LogP contribution in [0.15, 0.2) is 30.3 Å². The highest BCUT2D eigenvalue weighted by atomic mass is 16.5. The van der Waals surface area contributed by atoms with Crippen molar-refractivity contribution < 1.29 is 9.53 Å². The Labute approximate surface area is 107 Å². The molecule has 0 aromatic heterocycles. The summed E-state index contributed by atoms with van der Waals surface area (Å²) in [7, 11) is 1.39. The molecular weight excluding hydrogens is 228 g/mol. The molecule has 0 radical (unpaired) electrons. The number of benzene rings is 1. The number of hydrogen-bond acceptors (Lipinski definition) is 4. The van der Waals surface area contributed by atoms with E-state index in [0.29, 0.717) is 0 Å². The number of hydrogen-bond donors (Lipinski definition) is 1. The normalized spacial score (nSPS) is 30.7. The molecule has 1 aliphatic heterocycles. The predicted octanol–water partition coefficient (Wildman–Crippen LogP) is 1.65. The number of rotatable bonds is 2. The molecule has 0 amide bonds. The summed E-state index contributed by atoms with van der Waals surface area (Å²) >= 11 is 0. The van der Waals surface area contributed by atoms with E-state index in [1.807, 2.05) is 37.3 Å². The summed E-state index contributed by atoms with van der Waals surface area (Å²) < 4.78 is 4.86. The highest BCUT2D eigenvalue weighted by Crippen LogP contribution is 2.37. The van der Waals surface area contributed by atoms with Gasteiger partial charge in [-0.3, -0.25) is 10.1 Å². The fourth-order valence-electron chi connectivity index (χ4n) is 2.57. The van der Waals surface area contributed by atoms with Gasteiger partial charge in [0.25, 0.3) is 0 Å². The predicted molar refractivity (Wildman–Crippen MR) is 66.4 cm³/mol. The van der Waals surface area contributed by atoms with E-state index in [2.05, 4.69) is 11.4 Å². The highest BCUT2D eigenvalue weighted by molar-refractivity contribution is 5.74. The van der Waals surface area contributed by atoms with Crippen LogP contribution < -0.4 is 5.32 Å². The molecule has 0 saturated carbocycles. The zero-order valence-corrected chi connectivity index (χ0v) is 10.5. The standard InChI is InChI=1S/C14H16N2O2/c1-9-11(8-15)16-13(12(9)14(17)18-2)10-6-4-3-5-7-10/h3-7,9,11-13,16H,1-2H3/t9-,11+,12+,13+/m0/s1. The monoisotopic (exact) mass is 244 g/mol. The van der Waals surface area contributed by atoms with Gasteiger partial charge in [-0.15, -0.1) is 0 Å². The van der Waals surface area contributed by atoms with Crippen LogP contribution in [-0.2, 0) is 9.53 Å². The molecule has 0 bridgehead atoms. The van der Waals surface area contributed by atoms with Crippen molar-refractivity contribution in [2.24, 2.45) is 11.8 Å². The van der Waals surface area contributed by atoms with E-state index in [0.717, 1.165) is 5.56 Å². The van der Waals surface area contributed by atoms with Crippen molar-refractivity contribution >= 4 is 5.97 Å². The number of nitrogens with zero attached hydrogens (tertiary/aromatic N) is 1. The topological polar surface area (TPSA) is 62.1 Å². The van der Waals surface area contributed by atoms with Gasteiger partial charge in [-0.1, -0.05) is 37.3 Å². The first-order valence-corrected chi connectivity index (χ1v) is 5.97. The van der Waals surface area contributed by atoms with Gasteiger partial charge in [0.05, 0.1) is 25.1 Å². The third-order valence-electron chi connectivity index (χ3n) is 3.58. The van der Waals surface area contributed by atoms with Crippen molar-refractivity contribution in [3.05, 3.63) is 35.9 Å². The van der Waals surface area contributed by atoms with Crippen molar-refractivity contribution in [2.75, 3.05) is 7.11 Å². The number of carbonyl (C=O) groups excluding carboxylic acids is 1. The molecule has 1 aliphatic rings. The zero-order chi connectivity index (χ0) is 13.1. The van der Waals surface area contributed by atoms with Gasteiger partial charge in [0.2, 0.25) is 0 Å². The number of nitrogens with one attached hydrogen (secondary N) is 1. The Morgan fingerprint density at radius 2 is 2.06 bits per heavy atom. The van der Waals surface area contributed by atoms with Gasteiger partial charge in [-0.2, -0.15) is 5.26 Å². The first-order chi connectivity index (χ1) is 8.69. The smallest absolute Gasteiger partial charge is 0.310 e. The van der Waals surface area contributed by atoms with Crippen LogP contribution in [0.25, 0.3) is 0 Å². The number of ether oxygens (including phenoxy) is 1. The van der Waals surface area contributed by atoms with Gasteiger partial charge in [0.15, 0.2) is 0 Å². The molecule has 1 aromatic carbocycles. The second kappa shape index (κ2) is 5.19. The number of esters is 1. The molecule has 1 N–H and O–H groups in total.